The first-order valence-electron chi connectivity index (χ1n) is 5.24. The smallest absolute Gasteiger partial charge is 0.308 e. The SMILES string of the molecule is CC(=O)Oc1cc(C)cc(C(C)(C)C)c1O. The van der Waals surface area contributed by atoms with E-state index < -0.39 is 5.97 Å². The molecule has 1 aromatic rings. The number of hydrogen-bond donors (Lipinski definition) is 1. The van der Waals surface area contributed by atoms with Crippen LogP contribution in [0.1, 0.15) is 38.8 Å². The minimum atomic E-state index is -0.430. The Kier molecular flexibility index (Phi) is 3.27. The van der Waals surface area contributed by atoms with Crippen molar-refractivity contribution < 1.29 is 14.6 Å². The molecule has 3 heteroatoms. The third-order valence-electron chi connectivity index (χ3n) is 2.28. The van der Waals surface area contributed by atoms with Crippen molar-refractivity contribution >= 4 is 5.97 Å². The van der Waals surface area contributed by atoms with Crippen molar-refractivity contribution in [2.24, 2.45) is 0 Å². The zero-order valence-electron chi connectivity index (χ0n) is 10.4. The van der Waals surface area contributed by atoms with E-state index in [1.807, 2.05) is 33.8 Å². The summed E-state index contributed by atoms with van der Waals surface area (Å²) < 4.78 is 4.97. The highest BCUT2D eigenvalue weighted by molar-refractivity contribution is 5.71. The van der Waals surface area contributed by atoms with Crippen molar-refractivity contribution in [2.45, 2.75) is 40.0 Å². The Balaban J connectivity index is 3.32. The van der Waals surface area contributed by atoms with Crippen LogP contribution in [0.4, 0.5) is 0 Å². The first kappa shape index (κ1) is 12.6. The number of phenols is 1. The summed E-state index contributed by atoms with van der Waals surface area (Å²) in [6, 6.07) is 3.56. The molecule has 16 heavy (non-hydrogen) atoms. The summed E-state index contributed by atoms with van der Waals surface area (Å²) in [6.45, 7) is 9.22. The van der Waals surface area contributed by atoms with Gasteiger partial charge >= 0.3 is 5.97 Å². The van der Waals surface area contributed by atoms with E-state index >= 15 is 0 Å². The van der Waals surface area contributed by atoms with Gasteiger partial charge in [0.25, 0.3) is 0 Å². The molecule has 1 rings (SSSR count). The summed E-state index contributed by atoms with van der Waals surface area (Å²) in [5, 5.41) is 10.0. The number of aryl methyl sites for hydroxylation is 1. The van der Waals surface area contributed by atoms with Gasteiger partial charge in [-0.15, -0.1) is 0 Å². The Bertz CT molecular complexity index is 414. The normalized spacial score (nSPS) is 11.3. The molecule has 0 heterocycles. The van der Waals surface area contributed by atoms with Gasteiger partial charge < -0.3 is 9.84 Å². The summed E-state index contributed by atoms with van der Waals surface area (Å²) in [5.41, 5.74) is 1.55. The molecule has 1 aromatic carbocycles. The van der Waals surface area contributed by atoms with Gasteiger partial charge in [0.15, 0.2) is 11.5 Å². The number of carbonyl (C=O) groups is 1. The molecule has 1 N–H and O–H groups in total. The number of benzene rings is 1. The molecule has 0 aliphatic carbocycles. The molecule has 0 fully saturated rings. The van der Waals surface area contributed by atoms with Crippen molar-refractivity contribution in [2.75, 3.05) is 0 Å². The number of ether oxygens (including phenoxy) is 1. The predicted octanol–water partition coefficient (Wildman–Crippen LogP) is 2.92. The zero-order chi connectivity index (χ0) is 12.5. The van der Waals surface area contributed by atoms with Crippen molar-refractivity contribution in [3.63, 3.8) is 0 Å². The number of phenolic OH excluding ortho intramolecular Hbond substituents is 1. The fraction of sp³-hybridized carbons (Fsp3) is 0.462. The van der Waals surface area contributed by atoms with Crippen LogP contribution in [0.15, 0.2) is 12.1 Å². The van der Waals surface area contributed by atoms with Crippen LogP contribution in [0.2, 0.25) is 0 Å². The van der Waals surface area contributed by atoms with Gasteiger partial charge in [0.1, 0.15) is 0 Å². The van der Waals surface area contributed by atoms with E-state index in [0.29, 0.717) is 0 Å². The molecule has 0 amide bonds. The highest BCUT2D eigenvalue weighted by atomic mass is 16.5. The number of aromatic hydroxyl groups is 1. The van der Waals surface area contributed by atoms with E-state index in [4.69, 9.17) is 4.74 Å². The van der Waals surface area contributed by atoms with E-state index in [1.165, 1.54) is 6.92 Å². The number of rotatable bonds is 1. The van der Waals surface area contributed by atoms with Gasteiger partial charge in [0, 0.05) is 12.5 Å². The molecule has 0 bridgehead atoms. The van der Waals surface area contributed by atoms with E-state index in [1.54, 1.807) is 6.07 Å². The lowest BCUT2D eigenvalue weighted by molar-refractivity contribution is -0.132. The topological polar surface area (TPSA) is 46.5 Å². The van der Waals surface area contributed by atoms with E-state index in [-0.39, 0.29) is 16.9 Å². The summed E-state index contributed by atoms with van der Waals surface area (Å²) in [4.78, 5) is 10.9. The Morgan fingerprint density at radius 2 is 1.88 bits per heavy atom. The molecule has 0 spiro atoms. The molecular formula is C13H18O3. The molecule has 0 aromatic heterocycles. The van der Waals surface area contributed by atoms with Crippen LogP contribution in [-0.2, 0) is 10.2 Å². The lowest BCUT2D eigenvalue weighted by Crippen LogP contribution is -2.13. The molecule has 0 aliphatic heterocycles. The van der Waals surface area contributed by atoms with Crippen LogP contribution in [-0.4, -0.2) is 11.1 Å². The van der Waals surface area contributed by atoms with Crippen LogP contribution in [0.25, 0.3) is 0 Å². The lowest BCUT2D eigenvalue weighted by atomic mass is 9.85. The van der Waals surface area contributed by atoms with Gasteiger partial charge in [-0.25, -0.2) is 0 Å². The molecule has 0 radical (unpaired) electrons. The average Bonchev–Trinajstić information content (AvgIpc) is 2.07. The highest BCUT2D eigenvalue weighted by Crippen LogP contribution is 2.38. The minimum Gasteiger partial charge on any atom is -0.504 e. The average molecular weight is 222 g/mol. The molecule has 0 saturated heterocycles. The third-order valence-corrected chi connectivity index (χ3v) is 2.28. The maximum absolute atomic E-state index is 10.9. The van der Waals surface area contributed by atoms with Crippen LogP contribution >= 0.6 is 0 Å². The van der Waals surface area contributed by atoms with Gasteiger partial charge in [-0.1, -0.05) is 26.8 Å². The van der Waals surface area contributed by atoms with Gasteiger partial charge in [-0.2, -0.15) is 0 Å². The summed E-state index contributed by atoms with van der Waals surface area (Å²) in [5.74, 6) is -0.147. The van der Waals surface area contributed by atoms with Gasteiger partial charge in [-0.3, -0.25) is 4.79 Å². The molecule has 0 aliphatic rings. The highest BCUT2D eigenvalue weighted by Gasteiger charge is 2.21. The lowest BCUT2D eigenvalue weighted by Gasteiger charge is -2.22. The fourth-order valence-corrected chi connectivity index (χ4v) is 1.55. The molecule has 3 nitrogen and oxygen atoms in total. The minimum absolute atomic E-state index is 0.0494. The second-order valence-electron chi connectivity index (χ2n) is 5.00. The Labute approximate surface area is 96.1 Å². The number of hydrogen-bond acceptors (Lipinski definition) is 3. The Morgan fingerprint density at radius 1 is 1.31 bits per heavy atom. The van der Waals surface area contributed by atoms with Crippen LogP contribution in [0.5, 0.6) is 11.5 Å². The van der Waals surface area contributed by atoms with Crippen LogP contribution < -0.4 is 4.74 Å². The molecule has 0 atom stereocenters. The van der Waals surface area contributed by atoms with Gasteiger partial charge in [0.05, 0.1) is 0 Å². The summed E-state index contributed by atoms with van der Waals surface area (Å²) in [6.07, 6.45) is 0. The maximum atomic E-state index is 10.9. The summed E-state index contributed by atoms with van der Waals surface area (Å²) >= 11 is 0. The summed E-state index contributed by atoms with van der Waals surface area (Å²) in [7, 11) is 0. The molecule has 0 unspecified atom stereocenters. The van der Waals surface area contributed by atoms with E-state index in [0.717, 1.165) is 11.1 Å². The van der Waals surface area contributed by atoms with Crippen LogP contribution in [0.3, 0.4) is 0 Å². The second-order valence-corrected chi connectivity index (χ2v) is 5.00. The molecular weight excluding hydrogens is 204 g/mol. The third kappa shape index (κ3) is 2.75. The maximum Gasteiger partial charge on any atom is 0.308 e. The molecule has 88 valence electrons. The Morgan fingerprint density at radius 3 is 2.31 bits per heavy atom. The first-order chi connectivity index (χ1) is 7.21. The van der Waals surface area contributed by atoms with E-state index in [2.05, 4.69) is 0 Å². The number of esters is 1. The fourth-order valence-electron chi connectivity index (χ4n) is 1.55. The molecule has 0 saturated carbocycles. The van der Waals surface area contributed by atoms with E-state index in [9.17, 15) is 9.90 Å². The van der Waals surface area contributed by atoms with Crippen molar-refractivity contribution in [1.82, 2.24) is 0 Å². The van der Waals surface area contributed by atoms with Gasteiger partial charge in [0.2, 0.25) is 0 Å². The first-order valence-corrected chi connectivity index (χ1v) is 5.24. The quantitative estimate of drug-likeness (QED) is 0.587. The van der Waals surface area contributed by atoms with Gasteiger partial charge in [-0.05, 0) is 24.0 Å². The standard InChI is InChI=1S/C13H18O3/c1-8-6-10(13(3,4)5)12(15)11(7-8)16-9(2)14/h6-7,15H,1-5H3. The zero-order valence-corrected chi connectivity index (χ0v) is 10.4. The Hall–Kier alpha value is -1.51. The predicted molar refractivity (Wildman–Crippen MR) is 62.9 cm³/mol. The van der Waals surface area contributed by atoms with Crippen molar-refractivity contribution in [3.8, 4) is 11.5 Å². The van der Waals surface area contributed by atoms with Crippen molar-refractivity contribution in [1.29, 1.82) is 0 Å². The van der Waals surface area contributed by atoms with Crippen molar-refractivity contribution in [3.05, 3.63) is 23.3 Å². The number of carbonyl (C=O) groups excluding carboxylic acids is 1. The monoisotopic (exact) mass is 222 g/mol. The largest absolute Gasteiger partial charge is 0.504 e. The van der Waals surface area contributed by atoms with Crippen LogP contribution in [0, 0.1) is 6.92 Å². The second kappa shape index (κ2) is 4.16.